The highest BCUT2D eigenvalue weighted by Crippen LogP contribution is 2.47. The van der Waals surface area contributed by atoms with Crippen LogP contribution in [0, 0.1) is 11.8 Å². The predicted octanol–water partition coefficient (Wildman–Crippen LogP) is 5.10. The second-order valence-electron chi connectivity index (χ2n) is 10.5. The minimum atomic E-state index is -0.913. The lowest BCUT2D eigenvalue weighted by atomic mass is 9.82. The maximum atomic E-state index is 13.4. The van der Waals surface area contributed by atoms with E-state index in [0.29, 0.717) is 29.7 Å². The summed E-state index contributed by atoms with van der Waals surface area (Å²) in [7, 11) is 1.59. The number of carbonyl (C=O) groups excluding carboxylic acids is 1. The Labute approximate surface area is 228 Å². The lowest BCUT2D eigenvalue weighted by Gasteiger charge is -2.27. The van der Waals surface area contributed by atoms with Gasteiger partial charge in [0.2, 0.25) is 12.7 Å². The van der Waals surface area contributed by atoms with E-state index in [1.165, 1.54) is 0 Å². The van der Waals surface area contributed by atoms with E-state index >= 15 is 0 Å². The van der Waals surface area contributed by atoms with Gasteiger partial charge in [-0.25, -0.2) is 0 Å². The predicted molar refractivity (Wildman–Crippen MR) is 147 cm³/mol. The molecule has 8 heteroatoms. The van der Waals surface area contributed by atoms with Crippen molar-refractivity contribution in [2.45, 2.75) is 32.2 Å². The molecule has 2 aliphatic heterocycles. The van der Waals surface area contributed by atoms with Crippen LogP contribution in [0.3, 0.4) is 0 Å². The van der Waals surface area contributed by atoms with E-state index < -0.39 is 17.9 Å². The fourth-order valence-electron chi connectivity index (χ4n) is 5.71. The highest BCUT2D eigenvalue weighted by Gasteiger charge is 2.48. The highest BCUT2D eigenvalue weighted by molar-refractivity contribution is 5.93. The second kappa shape index (κ2) is 11.4. The minimum absolute atomic E-state index is 0.0531. The summed E-state index contributed by atoms with van der Waals surface area (Å²) in [6.07, 6.45) is 0.849. The van der Waals surface area contributed by atoms with Crippen LogP contribution in [0.5, 0.6) is 17.2 Å². The van der Waals surface area contributed by atoms with Gasteiger partial charge in [-0.05, 0) is 59.4 Å². The van der Waals surface area contributed by atoms with Crippen LogP contribution < -0.4 is 19.5 Å². The van der Waals surface area contributed by atoms with Gasteiger partial charge in [-0.1, -0.05) is 50.2 Å². The summed E-state index contributed by atoms with van der Waals surface area (Å²) in [5.41, 5.74) is 3.53. The van der Waals surface area contributed by atoms with Crippen molar-refractivity contribution in [2.24, 2.45) is 11.8 Å². The number of aliphatic carboxylic acids is 1. The molecule has 0 aromatic heterocycles. The van der Waals surface area contributed by atoms with E-state index in [0.717, 1.165) is 28.8 Å². The van der Waals surface area contributed by atoms with Crippen molar-refractivity contribution in [2.75, 3.05) is 32.3 Å². The number of ether oxygens (including phenoxy) is 3. The Hall–Kier alpha value is -4.04. The van der Waals surface area contributed by atoms with Crippen molar-refractivity contribution >= 4 is 17.6 Å². The normalized spacial score (nSPS) is 20.3. The first-order chi connectivity index (χ1) is 18.8. The van der Waals surface area contributed by atoms with Gasteiger partial charge < -0.3 is 24.6 Å². The fourth-order valence-corrected chi connectivity index (χ4v) is 5.71. The molecule has 39 heavy (non-hydrogen) atoms. The maximum absolute atomic E-state index is 13.4. The zero-order valence-electron chi connectivity index (χ0n) is 22.4. The van der Waals surface area contributed by atoms with Crippen molar-refractivity contribution in [1.29, 1.82) is 0 Å². The third-order valence-electron chi connectivity index (χ3n) is 7.43. The molecule has 3 aromatic rings. The molecule has 2 heterocycles. The van der Waals surface area contributed by atoms with E-state index in [9.17, 15) is 14.7 Å². The molecule has 3 aromatic carbocycles. The van der Waals surface area contributed by atoms with E-state index in [1.807, 2.05) is 71.6 Å². The molecule has 2 N–H and O–H groups in total. The van der Waals surface area contributed by atoms with Crippen LogP contribution in [0.4, 0.5) is 5.69 Å². The number of hydrogen-bond donors (Lipinski definition) is 2. The molecule has 3 atom stereocenters. The standard InChI is InChI=1S/C31H34N2O6/c1-19(2)14-22-6-4-5-7-25(22)32-28(34)17-33-16-24(21-10-13-26-27(15-21)39-18-38-26)29(31(35)36)30(33)20-8-11-23(37-3)12-9-20/h4-13,15,19,24,29-30H,14,16-18H2,1-3H3,(H,32,34)(H,35,36). The molecule has 3 unspecified atom stereocenters. The molecule has 5 rings (SSSR count). The summed E-state index contributed by atoms with van der Waals surface area (Å²) >= 11 is 0. The van der Waals surface area contributed by atoms with Gasteiger partial charge in [0.1, 0.15) is 5.75 Å². The van der Waals surface area contributed by atoms with E-state index in [1.54, 1.807) is 7.11 Å². The van der Waals surface area contributed by atoms with Gasteiger partial charge in [0, 0.05) is 24.2 Å². The first kappa shape index (κ1) is 26.6. The molecule has 2 aliphatic rings. The number of anilines is 1. The lowest BCUT2D eigenvalue weighted by Crippen LogP contribution is -2.35. The van der Waals surface area contributed by atoms with Crippen LogP contribution in [-0.2, 0) is 16.0 Å². The van der Waals surface area contributed by atoms with Crippen molar-refractivity contribution in [3.63, 3.8) is 0 Å². The van der Waals surface area contributed by atoms with Crippen LogP contribution >= 0.6 is 0 Å². The van der Waals surface area contributed by atoms with Crippen molar-refractivity contribution < 1.29 is 28.9 Å². The van der Waals surface area contributed by atoms with Crippen LogP contribution in [0.15, 0.2) is 66.7 Å². The summed E-state index contributed by atoms with van der Waals surface area (Å²) in [4.78, 5) is 28.2. The Kier molecular flexibility index (Phi) is 7.74. The van der Waals surface area contributed by atoms with E-state index in [2.05, 4.69) is 19.2 Å². The number of amides is 1. The number of carboxylic acid groups (broad SMARTS) is 1. The summed E-state index contributed by atoms with van der Waals surface area (Å²) in [6, 6.07) is 20.3. The molecule has 204 valence electrons. The Morgan fingerprint density at radius 2 is 1.74 bits per heavy atom. The van der Waals surface area contributed by atoms with E-state index in [4.69, 9.17) is 14.2 Å². The molecular weight excluding hydrogens is 496 g/mol. The van der Waals surface area contributed by atoms with Gasteiger partial charge in [0.25, 0.3) is 0 Å². The topological polar surface area (TPSA) is 97.3 Å². The average Bonchev–Trinajstić information content (AvgIpc) is 3.54. The maximum Gasteiger partial charge on any atom is 0.309 e. The van der Waals surface area contributed by atoms with Gasteiger partial charge in [0.15, 0.2) is 11.5 Å². The summed E-state index contributed by atoms with van der Waals surface area (Å²) in [5, 5.41) is 13.6. The number of nitrogens with zero attached hydrogens (tertiary/aromatic N) is 1. The number of benzene rings is 3. The van der Waals surface area contributed by atoms with Gasteiger partial charge in [-0.15, -0.1) is 0 Å². The number of nitrogens with one attached hydrogen (secondary N) is 1. The quantitative estimate of drug-likeness (QED) is 0.397. The highest BCUT2D eigenvalue weighted by atomic mass is 16.7. The number of carboxylic acids is 1. The first-order valence-corrected chi connectivity index (χ1v) is 13.2. The number of carbonyl (C=O) groups is 2. The third-order valence-corrected chi connectivity index (χ3v) is 7.43. The molecular formula is C31H34N2O6. The summed E-state index contributed by atoms with van der Waals surface area (Å²) in [5.74, 6) is 0.151. The SMILES string of the molecule is COc1ccc(C2C(C(=O)O)C(c3ccc4c(c3)OCO4)CN2CC(=O)Nc2ccccc2CC(C)C)cc1. The van der Waals surface area contributed by atoms with Crippen molar-refractivity contribution in [1.82, 2.24) is 4.90 Å². The number of para-hydroxylation sites is 1. The van der Waals surface area contributed by atoms with Crippen LogP contribution in [0.1, 0.15) is 42.5 Å². The first-order valence-electron chi connectivity index (χ1n) is 13.2. The number of rotatable bonds is 9. The van der Waals surface area contributed by atoms with Gasteiger partial charge in [0.05, 0.1) is 19.6 Å². The second-order valence-corrected chi connectivity index (χ2v) is 10.5. The number of fused-ring (bicyclic) bond motifs is 1. The molecule has 8 nitrogen and oxygen atoms in total. The van der Waals surface area contributed by atoms with Gasteiger partial charge >= 0.3 is 5.97 Å². The molecule has 0 saturated carbocycles. The smallest absolute Gasteiger partial charge is 0.309 e. The largest absolute Gasteiger partial charge is 0.497 e. The summed E-state index contributed by atoms with van der Waals surface area (Å²) in [6.45, 7) is 4.88. The fraction of sp³-hybridized carbons (Fsp3) is 0.355. The molecule has 1 saturated heterocycles. The average molecular weight is 531 g/mol. The van der Waals surface area contributed by atoms with Gasteiger partial charge in [-0.2, -0.15) is 0 Å². The molecule has 0 bridgehead atoms. The van der Waals surface area contributed by atoms with Crippen LogP contribution in [0.2, 0.25) is 0 Å². The number of likely N-dealkylation sites (tertiary alicyclic amines) is 1. The zero-order valence-corrected chi connectivity index (χ0v) is 22.4. The van der Waals surface area contributed by atoms with Crippen LogP contribution in [0.25, 0.3) is 0 Å². The number of hydrogen-bond acceptors (Lipinski definition) is 6. The zero-order chi connectivity index (χ0) is 27.5. The molecule has 0 radical (unpaired) electrons. The Balaban J connectivity index is 1.46. The molecule has 0 aliphatic carbocycles. The monoisotopic (exact) mass is 530 g/mol. The third kappa shape index (κ3) is 5.71. The van der Waals surface area contributed by atoms with E-state index in [-0.39, 0.29) is 25.2 Å². The lowest BCUT2D eigenvalue weighted by molar-refractivity contribution is -0.143. The Morgan fingerprint density at radius 1 is 1.03 bits per heavy atom. The number of methoxy groups -OCH3 is 1. The Morgan fingerprint density at radius 3 is 2.46 bits per heavy atom. The molecule has 0 spiro atoms. The molecule has 1 amide bonds. The van der Waals surface area contributed by atoms with Crippen LogP contribution in [-0.4, -0.2) is 48.9 Å². The van der Waals surface area contributed by atoms with Crippen molar-refractivity contribution in [3.05, 3.63) is 83.4 Å². The van der Waals surface area contributed by atoms with Gasteiger partial charge in [-0.3, -0.25) is 14.5 Å². The summed E-state index contributed by atoms with van der Waals surface area (Å²) < 4.78 is 16.3. The molecule has 1 fully saturated rings. The van der Waals surface area contributed by atoms with Crippen molar-refractivity contribution in [3.8, 4) is 17.2 Å². The Bertz CT molecular complexity index is 1340. The minimum Gasteiger partial charge on any atom is -0.497 e.